The average molecular weight is 875 g/mol. The minimum atomic E-state index is -4.62. The first kappa shape index (κ1) is 58.7. The molecule has 0 saturated heterocycles. The fourth-order valence-corrected chi connectivity index (χ4v) is 8.24. The first-order valence-corrected chi connectivity index (χ1v) is 26.6. The maximum absolute atomic E-state index is 12.6. The Labute approximate surface area is 368 Å². The number of hydrogen-bond donors (Lipinski definition) is 3. The van der Waals surface area contributed by atoms with Crippen LogP contribution in [0.3, 0.4) is 0 Å². The standard InChI is InChI=1S/C49H95O10P/c1-3-5-7-9-11-13-15-17-19-20-21-22-23-24-25-27-28-30-32-34-36-38-40-48(52)56-44-47(45-58-60(54,55)57-43-46(51)42-50)59-49(53)41-39-37-35-33-31-29-26-18-16-14-12-10-8-6-4-2/h4,46-47,50-51H,2-3,5-45H2,1H3,(H,54,55)/t46-,47-/m1/s1. The van der Waals surface area contributed by atoms with E-state index in [9.17, 15) is 24.2 Å². The number of carbonyl (C=O) groups is 2. The summed E-state index contributed by atoms with van der Waals surface area (Å²) in [6, 6.07) is 0. The predicted molar refractivity (Wildman–Crippen MR) is 247 cm³/mol. The Morgan fingerprint density at radius 1 is 0.517 bits per heavy atom. The number of rotatable bonds is 49. The second-order valence-electron chi connectivity index (χ2n) is 17.3. The molecular weight excluding hydrogens is 780 g/mol. The van der Waals surface area contributed by atoms with E-state index in [4.69, 9.17) is 23.6 Å². The van der Waals surface area contributed by atoms with Crippen LogP contribution in [-0.4, -0.2) is 65.7 Å². The molecule has 60 heavy (non-hydrogen) atoms. The number of hydrogen-bond acceptors (Lipinski definition) is 9. The molecule has 0 aromatic heterocycles. The Bertz CT molecular complexity index is 995. The summed E-state index contributed by atoms with van der Waals surface area (Å²) in [6.45, 7) is 3.96. The fourth-order valence-electron chi connectivity index (χ4n) is 7.45. The van der Waals surface area contributed by atoms with Gasteiger partial charge in [-0.2, -0.15) is 0 Å². The first-order chi connectivity index (χ1) is 29.2. The van der Waals surface area contributed by atoms with Crippen LogP contribution in [0.4, 0.5) is 0 Å². The van der Waals surface area contributed by atoms with Crippen LogP contribution in [-0.2, 0) is 32.7 Å². The molecule has 0 radical (unpaired) electrons. The smallest absolute Gasteiger partial charge is 0.462 e. The van der Waals surface area contributed by atoms with Gasteiger partial charge in [-0.25, -0.2) is 4.57 Å². The third-order valence-electron chi connectivity index (χ3n) is 11.3. The normalized spacial score (nSPS) is 13.5. The van der Waals surface area contributed by atoms with E-state index in [0.717, 1.165) is 38.5 Å². The molecule has 0 amide bonds. The van der Waals surface area contributed by atoms with Crippen LogP contribution in [0.2, 0.25) is 0 Å². The predicted octanol–water partition coefficient (Wildman–Crippen LogP) is 14.0. The van der Waals surface area contributed by atoms with Crippen molar-refractivity contribution in [1.82, 2.24) is 0 Å². The number of unbranched alkanes of at least 4 members (excludes halogenated alkanes) is 34. The highest BCUT2D eigenvalue weighted by Crippen LogP contribution is 2.43. The van der Waals surface area contributed by atoms with Crippen molar-refractivity contribution in [2.45, 2.75) is 263 Å². The van der Waals surface area contributed by atoms with Crippen molar-refractivity contribution in [3.8, 4) is 0 Å². The molecule has 11 heteroatoms. The number of aliphatic hydroxyl groups excluding tert-OH is 2. The van der Waals surface area contributed by atoms with Crippen molar-refractivity contribution in [2.24, 2.45) is 0 Å². The van der Waals surface area contributed by atoms with Crippen molar-refractivity contribution in [1.29, 1.82) is 0 Å². The van der Waals surface area contributed by atoms with E-state index in [1.807, 2.05) is 6.08 Å². The second kappa shape index (κ2) is 45.7. The Kier molecular flexibility index (Phi) is 44.7. The third-order valence-corrected chi connectivity index (χ3v) is 12.3. The Morgan fingerprint density at radius 3 is 1.22 bits per heavy atom. The van der Waals surface area contributed by atoms with Gasteiger partial charge in [-0.3, -0.25) is 18.6 Å². The molecule has 356 valence electrons. The van der Waals surface area contributed by atoms with Gasteiger partial charge in [0.1, 0.15) is 12.7 Å². The van der Waals surface area contributed by atoms with Crippen molar-refractivity contribution < 1.29 is 47.8 Å². The Hall–Kier alpha value is -1.29. The molecule has 1 unspecified atom stereocenters. The van der Waals surface area contributed by atoms with Crippen LogP contribution in [0.5, 0.6) is 0 Å². The molecule has 0 saturated carbocycles. The van der Waals surface area contributed by atoms with E-state index in [0.29, 0.717) is 12.8 Å². The lowest BCUT2D eigenvalue weighted by atomic mass is 10.0. The number of ether oxygens (including phenoxy) is 2. The summed E-state index contributed by atoms with van der Waals surface area (Å²) in [5.41, 5.74) is 0. The van der Waals surface area contributed by atoms with E-state index < -0.39 is 51.8 Å². The van der Waals surface area contributed by atoms with Crippen LogP contribution < -0.4 is 0 Å². The highest BCUT2D eigenvalue weighted by molar-refractivity contribution is 7.47. The summed E-state index contributed by atoms with van der Waals surface area (Å²) in [4.78, 5) is 35.1. The maximum atomic E-state index is 12.6. The van der Waals surface area contributed by atoms with Gasteiger partial charge in [0.2, 0.25) is 0 Å². The zero-order valence-corrected chi connectivity index (χ0v) is 39.7. The third kappa shape index (κ3) is 44.8. The lowest BCUT2D eigenvalue weighted by molar-refractivity contribution is -0.161. The SMILES string of the molecule is C=CCCCCCCCCCCCCCCCC(=O)O[C@H](COC(=O)CCCCCCCCCCCCCCCCCCCCCCCC)COP(=O)(O)OC[C@H](O)CO. The van der Waals surface area contributed by atoms with Gasteiger partial charge in [-0.05, 0) is 25.7 Å². The molecule has 0 spiro atoms. The minimum absolute atomic E-state index is 0.187. The number of phosphoric ester groups is 1. The summed E-state index contributed by atoms with van der Waals surface area (Å²) in [6.07, 6.45) is 45.0. The molecule has 10 nitrogen and oxygen atoms in total. The largest absolute Gasteiger partial charge is 0.472 e. The van der Waals surface area contributed by atoms with E-state index in [1.54, 1.807) is 0 Å². The van der Waals surface area contributed by atoms with Crippen LogP contribution in [0.25, 0.3) is 0 Å². The summed E-state index contributed by atoms with van der Waals surface area (Å²) < 4.78 is 32.8. The number of aliphatic hydroxyl groups is 2. The van der Waals surface area contributed by atoms with Gasteiger partial charge >= 0.3 is 19.8 Å². The molecule has 0 aromatic carbocycles. The van der Waals surface area contributed by atoms with Crippen molar-refractivity contribution >= 4 is 19.8 Å². The zero-order valence-electron chi connectivity index (χ0n) is 38.8. The number of allylic oxidation sites excluding steroid dienone is 1. The van der Waals surface area contributed by atoms with Gasteiger partial charge in [0.05, 0.1) is 19.8 Å². The second-order valence-corrected chi connectivity index (χ2v) is 18.7. The molecule has 0 aliphatic carbocycles. The van der Waals surface area contributed by atoms with Crippen LogP contribution in [0.1, 0.15) is 251 Å². The van der Waals surface area contributed by atoms with Gasteiger partial charge in [0.25, 0.3) is 0 Å². The fraction of sp³-hybridized carbons (Fsp3) is 0.918. The topological polar surface area (TPSA) is 149 Å². The maximum Gasteiger partial charge on any atom is 0.472 e. The highest BCUT2D eigenvalue weighted by atomic mass is 31.2. The van der Waals surface area contributed by atoms with E-state index >= 15 is 0 Å². The average Bonchev–Trinajstić information content (AvgIpc) is 3.24. The molecule has 0 heterocycles. The van der Waals surface area contributed by atoms with Crippen LogP contribution >= 0.6 is 7.82 Å². The summed E-state index contributed by atoms with van der Waals surface area (Å²) in [5, 5.41) is 18.4. The summed E-state index contributed by atoms with van der Waals surface area (Å²) in [7, 11) is -4.62. The van der Waals surface area contributed by atoms with Gasteiger partial charge < -0.3 is 24.6 Å². The van der Waals surface area contributed by atoms with Gasteiger partial charge in [0.15, 0.2) is 6.10 Å². The Balaban J connectivity index is 4.10. The van der Waals surface area contributed by atoms with Crippen molar-refractivity contribution in [2.75, 3.05) is 26.4 Å². The van der Waals surface area contributed by atoms with Gasteiger partial charge in [0, 0.05) is 12.8 Å². The van der Waals surface area contributed by atoms with E-state index in [2.05, 4.69) is 13.5 Å². The van der Waals surface area contributed by atoms with Gasteiger partial charge in [-0.1, -0.05) is 218 Å². The number of carbonyl (C=O) groups excluding carboxylic acids is 2. The zero-order chi connectivity index (χ0) is 44.0. The quantitative estimate of drug-likeness (QED) is 0.0233. The molecular formula is C49H95O10P. The van der Waals surface area contributed by atoms with Crippen molar-refractivity contribution in [3.63, 3.8) is 0 Å². The lowest BCUT2D eigenvalue weighted by Crippen LogP contribution is -2.29. The van der Waals surface area contributed by atoms with Crippen LogP contribution in [0, 0.1) is 0 Å². The number of phosphoric acid groups is 1. The van der Waals surface area contributed by atoms with E-state index in [1.165, 1.54) is 180 Å². The molecule has 3 atom stereocenters. The molecule has 0 rings (SSSR count). The monoisotopic (exact) mass is 875 g/mol. The lowest BCUT2D eigenvalue weighted by Gasteiger charge is -2.20. The number of esters is 2. The minimum Gasteiger partial charge on any atom is -0.462 e. The van der Waals surface area contributed by atoms with E-state index in [-0.39, 0.29) is 19.4 Å². The first-order valence-electron chi connectivity index (χ1n) is 25.1. The highest BCUT2D eigenvalue weighted by Gasteiger charge is 2.27. The molecule has 0 aromatic rings. The molecule has 0 aliphatic heterocycles. The Morgan fingerprint density at radius 2 is 0.850 bits per heavy atom. The molecule has 3 N–H and O–H groups in total. The summed E-state index contributed by atoms with van der Waals surface area (Å²) >= 11 is 0. The molecule has 0 fully saturated rings. The molecule has 0 aliphatic rings. The summed E-state index contributed by atoms with van der Waals surface area (Å²) in [5.74, 6) is -0.911. The molecule has 0 bridgehead atoms. The van der Waals surface area contributed by atoms with Gasteiger partial charge in [-0.15, -0.1) is 6.58 Å². The van der Waals surface area contributed by atoms with Crippen molar-refractivity contribution in [3.05, 3.63) is 12.7 Å². The van der Waals surface area contributed by atoms with Crippen LogP contribution in [0.15, 0.2) is 12.7 Å².